The van der Waals surface area contributed by atoms with Crippen molar-refractivity contribution in [1.82, 2.24) is 0 Å². The van der Waals surface area contributed by atoms with Crippen molar-refractivity contribution in [1.29, 1.82) is 0 Å². The van der Waals surface area contributed by atoms with Crippen molar-refractivity contribution < 1.29 is 29.5 Å². The van der Waals surface area contributed by atoms with E-state index < -0.39 is 24.6 Å². The van der Waals surface area contributed by atoms with Gasteiger partial charge >= 0.3 is 0 Å². The first-order valence-electron chi connectivity index (χ1n) is 5.07. The Bertz CT molecular complexity index is 207. The van der Waals surface area contributed by atoms with Crippen LogP contribution in [-0.4, -0.2) is 65.8 Å². The van der Waals surface area contributed by atoms with Gasteiger partial charge < -0.3 is 29.5 Å². The normalized spacial score (nSPS) is 45.4. The zero-order valence-electron chi connectivity index (χ0n) is 8.28. The first-order chi connectivity index (χ1) is 7.18. The lowest BCUT2D eigenvalue weighted by atomic mass is 10.1. The molecule has 88 valence electrons. The molecule has 2 aliphatic heterocycles. The minimum absolute atomic E-state index is 0.0250. The molecule has 0 aliphatic carbocycles. The summed E-state index contributed by atoms with van der Waals surface area (Å²) < 4.78 is 15.3. The highest BCUT2D eigenvalue weighted by Gasteiger charge is 2.38. The van der Waals surface area contributed by atoms with Gasteiger partial charge in [0.05, 0.1) is 25.9 Å². The topological polar surface area (TPSA) is 91.7 Å². The fraction of sp³-hybridized carbons (Fsp3) is 1.00. The Morgan fingerprint density at radius 1 is 1.07 bits per heavy atom. The molecule has 0 amide bonds. The smallest absolute Gasteiger partial charge is 0.186 e. The van der Waals surface area contributed by atoms with Crippen LogP contribution < -0.4 is 0 Å². The molecule has 0 aromatic carbocycles. The highest BCUT2D eigenvalue weighted by atomic mass is 16.7. The van der Waals surface area contributed by atoms with Crippen LogP contribution in [0.25, 0.3) is 0 Å². The number of hydrogen-bond donors (Lipinski definition) is 3. The van der Waals surface area contributed by atoms with Crippen LogP contribution in [0.3, 0.4) is 0 Å². The third-order valence-corrected chi connectivity index (χ3v) is 2.58. The lowest BCUT2D eigenvalue weighted by Gasteiger charge is -2.34. The minimum atomic E-state index is -1.21. The number of hydrogen-bond acceptors (Lipinski definition) is 6. The molecule has 0 aromatic heterocycles. The molecule has 2 fully saturated rings. The number of ether oxygens (including phenoxy) is 3. The van der Waals surface area contributed by atoms with Crippen molar-refractivity contribution in [2.45, 2.75) is 37.1 Å². The Morgan fingerprint density at radius 2 is 1.80 bits per heavy atom. The molecule has 2 saturated heterocycles. The van der Waals surface area contributed by atoms with Gasteiger partial charge in [0.2, 0.25) is 0 Å². The summed E-state index contributed by atoms with van der Waals surface area (Å²) in [5.41, 5.74) is 0. The van der Waals surface area contributed by atoms with Crippen molar-refractivity contribution in [3.05, 3.63) is 0 Å². The van der Waals surface area contributed by atoms with Crippen LogP contribution in [0.5, 0.6) is 0 Å². The Morgan fingerprint density at radius 3 is 2.47 bits per heavy atom. The van der Waals surface area contributed by atoms with E-state index in [2.05, 4.69) is 0 Å². The summed E-state index contributed by atoms with van der Waals surface area (Å²) in [5, 5.41) is 28.0. The Balaban J connectivity index is 1.71. The van der Waals surface area contributed by atoms with Crippen LogP contribution >= 0.6 is 0 Å². The molecule has 2 aliphatic rings. The van der Waals surface area contributed by atoms with Gasteiger partial charge in [0, 0.05) is 0 Å². The average molecular weight is 220 g/mol. The molecule has 6 heteroatoms. The summed E-state index contributed by atoms with van der Waals surface area (Å²) in [6.45, 7) is 1.15. The van der Waals surface area contributed by atoms with Gasteiger partial charge in [0.1, 0.15) is 18.3 Å². The van der Waals surface area contributed by atoms with E-state index in [4.69, 9.17) is 14.2 Å². The largest absolute Gasteiger partial charge is 0.388 e. The van der Waals surface area contributed by atoms with Gasteiger partial charge in [-0.2, -0.15) is 0 Å². The maximum atomic E-state index is 9.50. The van der Waals surface area contributed by atoms with Crippen LogP contribution in [0.1, 0.15) is 6.42 Å². The lowest BCUT2D eigenvalue weighted by molar-refractivity contribution is -0.270. The molecule has 0 bridgehead atoms. The molecule has 0 saturated carbocycles. The van der Waals surface area contributed by atoms with Crippen molar-refractivity contribution in [2.24, 2.45) is 0 Å². The number of rotatable bonds is 4. The standard InChI is InChI=1S/C9H16O6/c10-6-4-15-9(8(12)7(6)11)13-2-1-5-3-14-5/h5-12H,1-4H2/t5-,6-,7+,8-,9-/m1/s1. The quantitative estimate of drug-likeness (QED) is 0.486. The molecular weight excluding hydrogens is 204 g/mol. The van der Waals surface area contributed by atoms with E-state index in [-0.39, 0.29) is 12.7 Å². The van der Waals surface area contributed by atoms with Gasteiger partial charge in [-0.05, 0) is 6.42 Å². The van der Waals surface area contributed by atoms with Crippen LogP contribution in [0.4, 0.5) is 0 Å². The lowest BCUT2D eigenvalue weighted by Crippen LogP contribution is -2.53. The average Bonchev–Trinajstić information content (AvgIpc) is 3.02. The van der Waals surface area contributed by atoms with Crippen LogP contribution in [0.15, 0.2) is 0 Å². The second-order valence-electron chi connectivity index (χ2n) is 3.87. The van der Waals surface area contributed by atoms with Gasteiger partial charge in [-0.15, -0.1) is 0 Å². The molecular formula is C9H16O6. The summed E-state index contributed by atoms with van der Waals surface area (Å²) in [6, 6.07) is 0. The zero-order chi connectivity index (χ0) is 10.8. The third-order valence-electron chi connectivity index (χ3n) is 2.58. The van der Waals surface area contributed by atoms with Gasteiger partial charge in [-0.1, -0.05) is 0 Å². The van der Waals surface area contributed by atoms with Crippen LogP contribution in [-0.2, 0) is 14.2 Å². The van der Waals surface area contributed by atoms with Crippen molar-refractivity contribution in [3.8, 4) is 0 Å². The van der Waals surface area contributed by atoms with Crippen molar-refractivity contribution in [3.63, 3.8) is 0 Å². The van der Waals surface area contributed by atoms with Crippen molar-refractivity contribution in [2.75, 3.05) is 19.8 Å². The van der Waals surface area contributed by atoms with E-state index in [0.717, 1.165) is 13.0 Å². The molecule has 0 radical (unpaired) electrons. The molecule has 3 N–H and O–H groups in total. The van der Waals surface area contributed by atoms with Gasteiger partial charge in [0.15, 0.2) is 6.29 Å². The summed E-state index contributed by atoms with van der Waals surface area (Å²) >= 11 is 0. The maximum absolute atomic E-state index is 9.50. The van der Waals surface area contributed by atoms with Gasteiger partial charge in [0.25, 0.3) is 0 Å². The van der Waals surface area contributed by atoms with Gasteiger partial charge in [-0.3, -0.25) is 0 Å². The minimum Gasteiger partial charge on any atom is -0.388 e. The number of aliphatic hydroxyl groups is 3. The predicted molar refractivity (Wildman–Crippen MR) is 48.1 cm³/mol. The fourth-order valence-corrected chi connectivity index (χ4v) is 1.48. The summed E-state index contributed by atoms with van der Waals surface area (Å²) in [6.07, 6.45) is -3.30. The highest BCUT2D eigenvalue weighted by Crippen LogP contribution is 2.18. The monoisotopic (exact) mass is 220 g/mol. The van der Waals surface area contributed by atoms with Crippen LogP contribution in [0, 0.1) is 0 Å². The molecule has 2 rings (SSSR count). The number of epoxide rings is 1. The Kier molecular flexibility index (Phi) is 3.55. The SMILES string of the molecule is O[C@@H]1[C@@H](O)[C@H](OCC[C@@H]2CO2)OC[C@H]1O. The highest BCUT2D eigenvalue weighted by molar-refractivity contribution is 4.82. The van der Waals surface area contributed by atoms with Crippen LogP contribution in [0.2, 0.25) is 0 Å². The zero-order valence-corrected chi connectivity index (χ0v) is 8.28. The third kappa shape index (κ3) is 2.87. The van der Waals surface area contributed by atoms with E-state index in [0.29, 0.717) is 6.61 Å². The molecule has 0 spiro atoms. The first-order valence-corrected chi connectivity index (χ1v) is 5.07. The summed E-state index contributed by atoms with van der Waals surface area (Å²) in [4.78, 5) is 0. The Labute approximate surface area is 87.4 Å². The van der Waals surface area contributed by atoms with E-state index in [1.54, 1.807) is 0 Å². The second-order valence-corrected chi connectivity index (χ2v) is 3.87. The molecule has 0 unspecified atom stereocenters. The van der Waals surface area contributed by atoms with Crippen molar-refractivity contribution >= 4 is 0 Å². The Hall–Kier alpha value is -0.240. The van der Waals surface area contributed by atoms with E-state index in [1.165, 1.54) is 0 Å². The maximum Gasteiger partial charge on any atom is 0.186 e. The van der Waals surface area contributed by atoms with E-state index >= 15 is 0 Å². The molecule has 2 heterocycles. The van der Waals surface area contributed by atoms with E-state index in [9.17, 15) is 15.3 Å². The van der Waals surface area contributed by atoms with E-state index in [1.807, 2.05) is 0 Å². The fourth-order valence-electron chi connectivity index (χ4n) is 1.48. The number of aliphatic hydroxyl groups excluding tert-OH is 3. The van der Waals surface area contributed by atoms with Gasteiger partial charge in [-0.25, -0.2) is 0 Å². The second kappa shape index (κ2) is 4.73. The molecule has 5 atom stereocenters. The summed E-state index contributed by atoms with van der Waals surface area (Å²) in [7, 11) is 0. The summed E-state index contributed by atoms with van der Waals surface area (Å²) in [5.74, 6) is 0. The first kappa shape index (κ1) is 11.3. The predicted octanol–water partition coefficient (Wildman–Crippen LogP) is -1.77. The molecule has 0 aromatic rings. The molecule has 6 nitrogen and oxygen atoms in total. The molecule has 15 heavy (non-hydrogen) atoms.